The van der Waals surface area contributed by atoms with Gasteiger partial charge in [0.1, 0.15) is 5.82 Å². The first-order valence-electron chi connectivity index (χ1n) is 5.82. The van der Waals surface area contributed by atoms with Crippen molar-refractivity contribution in [3.8, 4) is 0 Å². The van der Waals surface area contributed by atoms with E-state index in [1.54, 1.807) is 6.07 Å². The molecule has 0 amide bonds. The van der Waals surface area contributed by atoms with Gasteiger partial charge in [-0.05, 0) is 56.3 Å². The zero-order valence-corrected chi connectivity index (χ0v) is 11.1. The molecule has 1 N–H and O–H groups in total. The first-order chi connectivity index (χ1) is 7.70. The summed E-state index contributed by atoms with van der Waals surface area (Å²) in [4.78, 5) is 0. The van der Waals surface area contributed by atoms with E-state index in [-0.39, 0.29) is 5.82 Å². The summed E-state index contributed by atoms with van der Waals surface area (Å²) in [5, 5.41) is 3.33. The summed E-state index contributed by atoms with van der Waals surface area (Å²) < 4.78 is 14.4. The quantitative estimate of drug-likeness (QED) is 0.873. The molecular formula is C13H17BrFN. The summed E-state index contributed by atoms with van der Waals surface area (Å²) in [7, 11) is 2.00. The molecule has 3 heteroatoms. The van der Waals surface area contributed by atoms with Crippen molar-refractivity contribution in [1.82, 2.24) is 5.32 Å². The van der Waals surface area contributed by atoms with Crippen LogP contribution in [0.1, 0.15) is 24.8 Å². The molecule has 0 radical (unpaired) electrons. The van der Waals surface area contributed by atoms with Crippen molar-refractivity contribution in [1.29, 1.82) is 0 Å². The van der Waals surface area contributed by atoms with Crippen LogP contribution in [0.2, 0.25) is 0 Å². The van der Waals surface area contributed by atoms with Crippen LogP contribution in [-0.4, -0.2) is 13.1 Å². The fourth-order valence-electron chi connectivity index (χ4n) is 2.15. The van der Waals surface area contributed by atoms with Gasteiger partial charge in [0.15, 0.2) is 0 Å². The van der Waals surface area contributed by atoms with Gasteiger partial charge in [0, 0.05) is 10.5 Å². The van der Waals surface area contributed by atoms with Crippen molar-refractivity contribution >= 4 is 15.9 Å². The summed E-state index contributed by atoms with van der Waals surface area (Å²) >= 11 is 3.27. The van der Waals surface area contributed by atoms with Gasteiger partial charge in [-0.3, -0.25) is 0 Å². The normalized spacial score (nSPS) is 17.4. The van der Waals surface area contributed by atoms with Crippen molar-refractivity contribution in [2.45, 2.75) is 31.7 Å². The van der Waals surface area contributed by atoms with Gasteiger partial charge in [-0.1, -0.05) is 22.0 Å². The molecule has 0 bridgehead atoms. The minimum absolute atomic E-state index is 0.0972. The molecule has 1 unspecified atom stereocenters. The van der Waals surface area contributed by atoms with Crippen LogP contribution >= 0.6 is 15.9 Å². The van der Waals surface area contributed by atoms with Crippen molar-refractivity contribution < 1.29 is 4.39 Å². The Morgan fingerprint density at radius 1 is 1.50 bits per heavy atom. The lowest BCUT2D eigenvalue weighted by molar-refractivity contribution is 0.465. The second-order valence-corrected chi connectivity index (χ2v) is 5.42. The highest BCUT2D eigenvalue weighted by molar-refractivity contribution is 9.10. The topological polar surface area (TPSA) is 12.0 Å². The number of aryl methyl sites for hydroxylation is 1. The average molecular weight is 286 g/mol. The molecule has 1 nitrogen and oxygen atoms in total. The second kappa shape index (κ2) is 5.28. The van der Waals surface area contributed by atoms with E-state index in [9.17, 15) is 4.39 Å². The molecule has 1 atom stereocenters. The van der Waals surface area contributed by atoms with Crippen LogP contribution in [0.4, 0.5) is 4.39 Å². The molecule has 0 aromatic heterocycles. The van der Waals surface area contributed by atoms with Crippen LogP contribution in [0.5, 0.6) is 0 Å². The Morgan fingerprint density at radius 3 is 2.81 bits per heavy atom. The van der Waals surface area contributed by atoms with E-state index in [1.807, 2.05) is 19.2 Å². The molecule has 1 fully saturated rings. The van der Waals surface area contributed by atoms with E-state index in [2.05, 4.69) is 21.2 Å². The van der Waals surface area contributed by atoms with Gasteiger partial charge >= 0.3 is 0 Å². The van der Waals surface area contributed by atoms with E-state index in [0.717, 1.165) is 28.8 Å². The highest BCUT2D eigenvalue weighted by Gasteiger charge is 2.29. The van der Waals surface area contributed by atoms with Gasteiger partial charge in [0.2, 0.25) is 0 Å². The SMILES string of the molecule is CNC(CCc1ccc(Br)cc1F)C1CC1. The predicted octanol–water partition coefficient (Wildman–Crippen LogP) is 3.52. The van der Waals surface area contributed by atoms with E-state index < -0.39 is 0 Å². The molecule has 0 spiro atoms. The molecule has 88 valence electrons. The largest absolute Gasteiger partial charge is 0.317 e. The molecule has 1 aromatic rings. The highest BCUT2D eigenvalue weighted by atomic mass is 79.9. The Bertz CT molecular complexity index is 363. The Labute approximate surface area is 105 Å². The first kappa shape index (κ1) is 12.1. The molecule has 0 aliphatic heterocycles. The fourth-order valence-corrected chi connectivity index (χ4v) is 2.48. The van der Waals surface area contributed by atoms with Gasteiger partial charge in [-0.2, -0.15) is 0 Å². The zero-order valence-electron chi connectivity index (χ0n) is 9.47. The Morgan fingerprint density at radius 2 is 2.25 bits per heavy atom. The third-order valence-electron chi connectivity index (χ3n) is 3.30. The van der Waals surface area contributed by atoms with Gasteiger partial charge < -0.3 is 5.32 Å². The molecule has 0 heterocycles. The Hall–Kier alpha value is -0.410. The molecule has 1 aromatic carbocycles. The van der Waals surface area contributed by atoms with Crippen LogP contribution < -0.4 is 5.32 Å². The summed E-state index contributed by atoms with van der Waals surface area (Å²) in [6.07, 6.45) is 4.50. The maximum Gasteiger partial charge on any atom is 0.127 e. The number of nitrogens with one attached hydrogen (secondary N) is 1. The monoisotopic (exact) mass is 285 g/mol. The third-order valence-corrected chi connectivity index (χ3v) is 3.79. The van der Waals surface area contributed by atoms with Crippen LogP contribution in [0.15, 0.2) is 22.7 Å². The summed E-state index contributed by atoms with van der Waals surface area (Å²) in [5.74, 6) is 0.725. The van der Waals surface area contributed by atoms with E-state index in [1.165, 1.54) is 12.8 Å². The third kappa shape index (κ3) is 3.05. The van der Waals surface area contributed by atoms with Gasteiger partial charge in [0.05, 0.1) is 0 Å². The fraction of sp³-hybridized carbons (Fsp3) is 0.538. The van der Waals surface area contributed by atoms with Crippen molar-refractivity contribution in [3.05, 3.63) is 34.1 Å². The smallest absolute Gasteiger partial charge is 0.127 e. The highest BCUT2D eigenvalue weighted by Crippen LogP contribution is 2.34. The first-order valence-corrected chi connectivity index (χ1v) is 6.61. The van der Waals surface area contributed by atoms with Gasteiger partial charge in [-0.25, -0.2) is 4.39 Å². The molecule has 16 heavy (non-hydrogen) atoms. The average Bonchev–Trinajstić information content (AvgIpc) is 3.06. The molecule has 1 aliphatic rings. The number of hydrogen-bond acceptors (Lipinski definition) is 1. The van der Waals surface area contributed by atoms with Crippen LogP contribution in [0.3, 0.4) is 0 Å². The summed E-state index contributed by atoms with van der Waals surface area (Å²) in [6.45, 7) is 0. The minimum Gasteiger partial charge on any atom is -0.317 e. The van der Waals surface area contributed by atoms with Crippen LogP contribution in [-0.2, 0) is 6.42 Å². The number of benzene rings is 1. The minimum atomic E-state index is -0.0972. The standard InChI is InChI=1S/C13H17BrFN/c1-16-13(10-2-3-10)7-5-9-4-6-11(14)8-12(9)15/h4,6,8,10,13,16H,2-3,5,7H2,1H3. The Kier molecular flexibility index (Phi) is 3.98. The number of hydrogen-bond donors (Lipinski definition) is 1. The number of halogens is 2. The van der Waals surface area contributed by atoms with E-state index in [4.69, 9.17) is 0 Å². The molecule has 1 aliphatic carbocycles. The maximum absolute atomic E-state index is 13.6. The van der Waals surface area contributed by atoms with Crippen LogP contribution in [0.25, 0.3) is 0 Å². The molecular weight excluding hydrogens is 269 g/mol. The maximum atomic E-state index is 13.6. The Balaban J connectivity index is 1.92. The van der Waals surface area contributed by atoms with Gasteiger partial charge in [-0.15, -0.1) is 0 Å². The van der Waals surface area contributed by atoms with Crippen molar-refractivity contribution in [2.75, 3.05) is 7.05 Å². The lowest BCUT2D eigenvalue weighted by Crippen LogP contribution is -2.27. The molecule has 0 saturated heterocycles. The summed E-state index contributed by atoms with van der Waals surface area (Å²) in [5.41, 5.74) is 0.823. The molecule has 1 saturated carbocycles. The zero-order chi connectivity index (χ0) is 11.5. The van der Waals surface area contributed by atoms with Crippen LogP contribution in [0, 0.1) is 11.7 Å². The van der Waals surface area contributed by atoms with Crippen molar-refractivity contribution in [3.63, 3.8) is 0 Å². The van der Waals surface area contributed by atoms with E-state index in [0.29, 0.717) is 6.04 Å². The number of rotatable bonds is 5. The lowest BCUT2D eigenvalue weighted by atomic mass is 10.0. The lowest BCUT2D eigenvalue weighted by Gasteiger charge is -2.15. The van der Waals surface area contributed by atoms with Gasteiger partial charge in [0.25, 0.3) is 0 Å². The summed E-state index contributed by atoms with van der Waals surface area (Å²) in [6, 6.07) is 5.88. The van der Waals surface area contributed by atoms with E-state index >= 15 is 0 Å². The molecule has 2 rings (SSSR count). The second-order valence-electron chi connectivity index (χ2n) is 4.51. The predicted molar refractivity (Wildman–Crippen MR) is 68.0 cm³/mol. The van der Waals surface area contributed by atoms with Crippen molar-refractivity contribution in [2.24, 2.45) is 5.92 Å².